The summed E-state index contributed by atoms with van der Waals surface area (Å²) in [4.78, 5) is 22.3. The van der Waals surface area contributed by atoms with Crippen LogP contribution in [0.4, 0.5) is 0 Å². The van der Waals surface area contributed by atoms with E-state index in [0.717, 1.165) is 46.4 Å². The number of aromatic nitrogens is 3. The zero-order valence-corrected chi connectivity index (χ0v) is 12.1. The Morgan fingerprint density at radius 1 is 1.41 bits per heavy atom. The van der Waals surface area contributed by atoms with Crippen LogP contribution in [-0.2, 0) is 6.42 Å². The molecule has 3 heterocycles. The lowest BCUT2D eigenvalue weighted by Crippen LogP contribution is -2.31. The first kappa shape index (κ1) is 13.1. The molecule has 3 aromatic rings. The number of nitrogens with zero attached hydrogens (tertiary/aromatic N) is 1. The first-order valence-corrected chi connectivity index (χ1v) is 7.26. The Bertz CT molecular complexity index is 878. The molecule has 4 rings (SSSR count). The van der Waals surface area contributed by atoms with Crippen LogP contribution in [-0.4, -0.2) is 32.6 Å². The fraction of sp³-hybridized carbons (Fsp3) is 0.250. The van der Waals surface area contributed by atoms with E-state index in [-0.39, 0.29) is 11.7 Å². The Morgan fingerprint density at radius 2 is 2.27 bits per heavy atom. The van der Waals surface area contributed by atoms with Gasteiger partial charge in [0.1, 0.15) is 5.69 Å². The molecule has 2 aromatic heterocycles. The summed E-state index contributed by atoms with van der Waals surface area (Å²) < 4.78 is 0. The molecule has 22 heavy (non-hydrogen) atoms. The van der Waals surface area contributed by atoms with Crippen LogP contribution in [0.25, 0.3) is 10.9 Å². The molecule has 1 atom stereocenters. The van der Waals surface area contributed by atoms with E-state index in [4.69, 9.17) is 0 Å². The van der Waals surface area contributed by atoms with Crippen molar-refractivity contribution in [3.63, 3.8) is 0 Å². The number of H-pyrrole nitrogens is 2. The second-order valence-electron chi connectivity index (χ2n) is 5.67. The van der Waals surface area contributed by atoms with E-state index >= 15 is 0 Å². The van der Waals surface area contributed by atoms with E-state index in [1.165, 1.54) is 0 Å². The average Bonchev–Trinajstić information content (AvgIpc) is 3.10. The van der Waals surface area contributed by atoms with Gasteiger partial charge in [0.15, 0.2) is 0 Å². The number of nitrogens with one attached hydrogen (secondary N) is 3. The van der Waals surface area contributed by atoms with Crippen LogP contribution in [0.2, 0.25) is 0 Å². The van der Waals surface area contributed by atoms with Crippen molar-refractivity contribution < 1.29 is 9.90 Å². The average molecular weight is 296 g/mol. The normalized spacial score (nSPS) is 17.6. The monoisotopic (exact) mass is 296 g/mol. The van der Waals surface area contributed by atoms with Crippen LogP contribution in [0.3, 0.4) is 0 Å². The molecule has 1 aliphatic rings. The molecule has 0 saturated carbocycles. The minimum absolute atomic E-state index is 0.211. The van der Waals surface area contributed by atoms with Crippen molar-refractivity contribution in [2.45, 2.75) is 19.4 Å². The summed E-state index contributed by atoms with van der Waals surface area (Å²) in [5, 5.41) is 13.9. The first-order chi connectivity index (χ1) is 10.6. The predicted molar refractivity (Wildman–Crippen MR) is 82.1 cm³/mol. The van der Waals surface area contributed by atoms with Gasteiger partial charge >= 0.3 is 5.97 Å². The highest BCUT2D eigenvalue weighted by atomic mass is 16.4. The van der Waals surface area contributed by atoms with Crippen LogP contribution in [0.1, 0.15) is 39.0 Å². The Balaban J connectivity index is 2.00. The zero-order valence-electron chi connectivity index (χ0n) is 12.1. The summed E-state index contributed by atoms with van der Waals surface area (Å²) in [6.07, 6.45) is 2.54. The highest BCUT2D eigenvalue weighted by Crippen LogP contribution is 2.34. The molecule has 0 saturated heterocycles. The van der Waals surface area contributed by atoms with Crippen molar-refractivity contribution in [3.05, 3.63) is 52.7 Å². The van der Waals surface area contributed by atoms with Gasteiger partial charge in [-0.15, -0.1) is 0 Å². The number of aromatic amines is 2. The lowest BCUT2D eigenvalue weighted by atomic mass is 9.94. The van der Waals surface area contributed by atoms with E-state index < -0.39 is 5.97 Å². The molecular weight excluding hydrogens is 280 g/mol. The van der Waals surface area contributed by atoms with E-state index in [0.29, 0.717) is 0 Å². The van der Waals surface area contributed by atoms with Crippen molar-refractivity contribution in [2.24, 2.45) is 0 Å². The number of fused-ring (bicyclic) bond motifs is 2. The van der Waals surface area contributed by atoms with Gasteiger partial charge < -0.3 is 20.4 Å². The van der Waals surface area contributed by atoms with Crippen molar-refractivity contribution in [1.82, 2.24) is 20.3 Å². The third-order valence-corrected chi connectivity index (χ3v) is 4.25. The van der Waals surface area contributed by atoms with E-state index in [1.54, 1.807) is 6.33 Å². The second kappa shape index (κ2) is 4.71. The molecule has 0 aliphatic carbocycles. The minimum atomic E-state index is -0.951. The van der Waals surface area contributed by atoms with Crippen LogP contribution in [0.5, 0.6) is 0 Å². The van der Waals surface area contributed by atoms with Gasteiger partial charge in [-0.3, -0.25) is 0 Å². The Kier molecular flexibility index (Phi) is 2.80. The van der Waals surface area contributed by atoms with Crippen LogP contribution < -0.4 is 5.32 Å². The number of carboxylic acids is 1. The van der Waals surface area contributed by atoms with Crippen molar-refractivity contribution >= 4 is 16.9 Å². The van der Waals surface area contributed by atoms with Gasteiger partial charge in [0.25, 0.3) is 0 Å². The molecule has 4 N–H and O–H groups in total. The highest BCUT2D eigenvalue weighted by Gasteiger charge is 2.30. The van der Waals surface area contributed by atoms with Gasteiger partial charge in [0, 0.05) is 35.1 Å². The maximum Gasteiger partial charge on any atom is 0.352 e. The number of imidazole rings is 1. The Morgan fingerprint density at radius 3 is 3.09 bits per heavy atom. The molecule has 0 bridgehead atoms. The number of carboxylic acid groups (broad SMARTS) is 1. The molecule has 6 nitrogen and oxygen atoms in total. The molecule has 1 unspecified atom stereocenters. The molecule has 0 radical (unpaired) electrons. The number of aryl methyl sites for hydroxylation is 1. The number of hydrogen-bond acceptors (Lipinski definition) is 3. The molecule has 0 amide bonds. The van der Waals surface area contributed by atoms with Gasteiger partial charge in [0.2, 0.25) is 0 Å². The predicted octanol–water partition coefficient (Wildman–Crippen LogP) is 2.13. The fourth-order valence-corrected chi connectivity index (χ4v) is 3.25. The third kappa shape index (κ3) is 1.84. The summed E-state index contributed by atoms with van der Waals surface area (Å²) in [5.41, 5.74) is 4.89. The number of benzene rings is 1. The molecule has 0 spiro atoms. The topological polar surface area (TPSA) is 93.8 Å². The van der Waals surface area contributed by atoms with Crippen LogP contribution in [0.15, 0.2) is 24.5 Å². The summed E-state index contributed by atoms with van der Waals surface area (Å²) in [5.74, 6) is -0.951. The van der Waals surface area contributed by atoms with Crippen LogP contribution >= 0.6 is 0 Å². The molecule has 112 valence electrons. The first-order valence-electron chi connectivity index (χ1n) is 7.26. The number of hydrogen-bond donors (Lipinski definition) is 4. The van der Waals surface area contributed by atoms with Crippen molar-refractivity contribution in [2.75, 3.05) is 6.54 Å². The standard InChI is InChI=1S/C16H16N4O2/c1-8-2-3-10-9(6-8)12(15(20-10)16(21)22)14-13-11(4-5-17-14)18-7-19-13/h2-3,6-7,14,17,20H,4-5H2,1H3,(H,18,19)(H,21,22). The van der Waals surface area contributed by atoms with E-state index in [9.17, 15) is 9.90 Å². The summed E-state index contributed by atoms with van der Waals surface area (Å²) in [7, 11) is 0. The third-order valence-electron chi connectivity index (χ3n) is 4.25. The Labute approximate surface area is 126 Å². The summed E-state index contributed by atoms with van der Waals surface area (Å²) in [6.45, 7) is 2.79. The van der Waals surface area contributed by atoms with Gasteiger partial charge in [-0.1, -0.05) is 11.6 Å². The van der Waals surface area contributed by atoms with E-state index in [1.807, 2.05) is 25.1 Å². The van der Waals surface area contributed by atoms with Gasteiger partial charge in [-0.2, -0.15) is 0 Å². The second-order valence-corrected chi connectivity index (χ2v) is 5.67. The van der Waals surface area contributed by atoms with Gasteiger partial charge in [-0.05, 0) is 19.1 Å². The fourth-order valence-electron chi connectivity index (χ4n) is 3.25. The highest BCUT2D eigenvalue weighted by molar-refractivity contribution is 5.98. The maximum absolute atomic E-state index is 11.7. The van der Waals surface area contributed by atoms with Gasteiger partial charge in [0.05, 0.1) is 18.1 Å². The molecule has 0 fully saturated rings. The summed E-state index contributed by atoms with van der Waals surface area (Å²) in [6, 6.07) is 5.71. The quantitative estimate of drug-likeness (QED) is 0.583. The SMILES string of the molecule is Cc1ccc2[nH]c(C(=O)O)c(C3NCCc4[nH]cnc43)c2c1. The van der Waals surface area contributed by atoms with Crippen molar-refractivity contribution in [3.8, 4) is 0 Å². The molecule has 6 heteroatoms. The smallest absolute Gasteiger partial charge is 0.352 e. The number of carbonyl (C=O) groups is 1. The maximum atomic E-state index is 11.7. The lowest BCUT2D eigenvalue weighted by Gasteiger charge is -2.23. The molecule has 1 aliphatic heterocycles. The minimum Gasteiger partial charge on any atom is -0.477 e. The van der Waals surface area contributed by atoms with Gasteiger partial charge in [-0.25, -0.2) is 9.78 Å². The molecule has 1 aromatic carbocycles. The number of aromatic carboxylic acids is 1. The number of rotatable bonds is 2. The lowest BCUT2D eigenvalue weighted by molar-refractivity contribution is 0.0689. The van der Waals surface area contributed by atoms with Crippen LogP contribution in [0, 0.1) is 6.92 Å². The largest absolute Gasteiger partial charge is 0.477 e. The summed E-state index contributed by atoms with van der Waals surface area (Å²) >= 11 is 0. The molecular formula is C16H16N4O2. The van der Waals surface area contributed by atoms with Crippen molar-refractivity contribution in [1.29, 1.82) is 0 Å². The Hall–Kier alpha value is -2.60. The zero-order chi connectivity index (χ0) is 15.3. The van der Waals surface area contributed by atoms with E-state index in [2.05, 4.69) is 20.3 Å².